The van der Waals surface area contributed by atoms with E-state index in [1.165, 1.54) is 10.9 Å². The van der Waals surface area contributed by atoms with Crippen LogP contribution in [0.15, 0.2) is 55.0 Å². The largest absolute Gasteiger partial charge is 0.361 e. The quantitative estimate of drug-likeness (QED) is 0.538. The number of carbonyl (C=O) groups excluding carboxylic acids is 1. The molecule has 0 saturated heterocycles. The molecule has 1 unspecified atom stereocenters. The monoisotopic (exact) mass is 400 g/mol. The van der Waals surface area contributed by atoms with Gasteiger partial charge in [-0.3, -0.25) is 9.78 Å². The van der Waals surface area contributed by atoms with Gasteiger partial charge in [-0.15, -0.1) is 10.2 Å². The van der Waals surface area contributed by atoms with Crippen molar-refractivity contribution in [2.24, 2.45) is 0 Å². The number of nitrogens with zero attached hydrogens (tertiary/aromatic N) is 4. The molecule has 0 fully saturated rings. The number of nitrogens with one attached hydrogen (secondary N) is 2. The van der Waals surface area contributed by atoms with Gasteiger partial charge in [-0.1, -0.05) is 18.2 Å². The van der Waals surface area contributed by atoms with Gasteiger partial charge in [0, 0.05) is 60.5 Å². The van der Waals surface area contributed by atoms with Crippen LogP contribution in [0.5, 0.6) is 0 Å². The van der Waals surface area contributed by atoms with Gasteiger partial charge in [0.05, 0.1) is 0 Å². The molecule has 2 N–H and O–H groups in total. The molecule has 3 aromatic heterocycles. The molecule has 1 atom stereocenters. The average molecular weight is 400 g/mol. The van der Waals surface area contributed by atoms with Crippen molar-refractivity contribution in [2.75, 3.05) is 0 Å². The van der Waals surface area contributed by atoms with Crippen molar-refractivity contribution in [1.29, 1.82) is 0 Å². The summed E-state index contributed by atoms with van der Waals surface area (Å²) in [5, 5.41) is 13.2. The van der Waals surface area contributed by atoms with Crippen LogP contribution in [0.2, 0.25) is 0 Å². The second kappa shape index (κ2) is 8.10. The third-order valence-corrected chi connectivity index (χ3v) is 5.84. The molecule has 1 aromatic carbocycles. The fourth-order valence-corrected chi connectivity index (χ4v) is 4.23. The van der Waals surface area contributed by atoms with Crippen LogP contribution in [0, 0.1) is 0 Å². The second-order valence-corrected chi connectivity index (χ2v) is 7.78. The van der Waals surface area contributed by atoms with E-state index < -0.39 is 0 Å². The van der Waals surface area contributed by atoms with Crippen molar-refractivity contribution in [3.8, 4) is 11.4 Å². The zero-order chi connectivity index (χ0) is 20.3. The van der Waals surface area contributed by atoms with Crippen LogP contribution >= 0.6 is 0 Å². The maximum Gasteiger partial charge on any atom is 0.220 e. The van der Waals surface area contributed by atoms with Crippen LogP contribution in [0.3, 0.4) is 0 Å². The van der Waals surface area contributed by atoms with Gasteiger partial charge in [0.2, 0.25) is 5.91 Å². The predicted octanol–water partition coefficient (Wildman–Crippen LogP) is 3.28. The number of aromatic nitrogens is 5. The SMILES string of the molecule is O=C(CCc1c[nH]c2ccccc12)NC1CCc2nnc(-c3ccncc3)n2CC1. The number of amides is 1. The molecule has 1 aliphatic rings. The minimum Gasteiger partial charge on any atom is -0.361 e. The first-order valence-electron chi connectivity index (χ1n) is 10.4. The van der Waals surface area contributed by atoms with E-state index in [0.717, 1.165) is 55.0 Å². The molecule has 1 amide bonds. The van der Waals surface area contributed by atoms with E-state index in [2.05, 4.69) is 42.2 Å². The molecule has 4 aromatic rings. The lowest BCUT2D eigenvalue weighted by atomic mass is 10.1. The van der Waals surface area contributed by atoms with Crippen molar-refractivity contribution >= 4 is 16.8 Å². The first-order chi connectivity index (χ1) is 14.8. The first-order valence-corrected chi connectivity index (χ1v) is 10.4. The molecule has 1 aliphatic heterocycles. The Balaban J connectivity index is 1.19. The lowest BCUT2D eigenvalue weighted by Crippen LogP contribution is -2.35. The predicted molar refractivity (Wildman–Crippen MR) is 115 cm³/mol. The maximum absolute atomic E-state index is 12.6. The molecule has 0 aliphatic carbocycles. The Morgan fingerprint density at radius 2 is 2.00 bits per heavy atom. The van der Waals surface area contributed by atoms with Crippen molar-refractivity contribution in [3.05, 3.63) is 66.4 Å². The number of H-pyrrole nitrogens is 1. The molecular weight excluding hydrogens is 376 g/mol. The molecule has 0 spiro atoms. The van der Waals surface area contributed by atoms with E-state index in [0.29, 0.717) is 6.42 Å². The fourth-order valence-electron chi connectivity index (χ4n) is 4.23. The Morgan fingerprint density at radius 1 is 1.13 bits per heavy atom. The summed E-state index contributed by atoms with van der Waals surface area (Å²) in [4.78, 5) is 19.9. The highest BCUT2D eigenvalue weighted by Crippen LogP contribution is 2.23. The number of pyridine rings is 1. The molecule has 0 radical (unpaired) electrons. The Kier molecular flexibility index (Phi) is 5.01. The number of aryl methyl sites for hydroxylation is 2. The average Bonchev–Trinajstić information content (AvgIpc) is 3.33. The van der Waals surface area contributed by atoms with Crippen LogP contribution in [0.4, 0.5) is 0 Å². The van der Waals surface area contributed by atoms with E-state index in [1.54, 1.807) is 12.4 Å². The van der Waals surface area contributed by atoms with E-state index in [4.69, 9.17) is 0 Å². The Labute approximate surface area is 174 Å². The van der Waals surface area contributed by atoms with Gasteiger partial charge in [0.15, 0.2) is 5.82 Å². The highest BCUT2D eigenvalue weighted by atomic mass is 16.1. The van der Waals surface area contributed by atoms with Crippen molar-refractivity contribution in [3.63, 3.8) is 0 Å². The zero-order valence-corrected chi connectivity index (χ0v) is 16.7. The Morgan fingerprint density at radius 3 is 2.90 bits per heavy atom. The highest BCUT2D eigenvalue weighted by Gasteiger charge is 2.22. The third kappa shape index (κ3) is 3.70. The Bertz CT molecular complexity index is 1160. The van der Waals surface area contributed by atoms with Crippen LogP contribution in [-0.2, 0) is 24.2 Å². The number of para-hydroxylation sites is 1. The summed E-state index contributed by atoms with van der Waals surface area (Å²) in [6.07, 6.45) is 9.35. The number of fused-ring (bicyclic) bond motifs is 2. The fraction of sp³-hybridized carbons (Fsp3) is 0.304. The summed E-state index contributed by atoms with van der Waals surface area (Å²) in [6, 6.07) is 12.3. The zero-order valence-electron chi connectivity index (χ0n) is 16.7. The smallest absolute Gasteiger partial charge is 0.220 e. The third-order valence-electron chi connectivity index (χ3n) is 5.84. The molecule has 152 valence electrons. The summed E-state index contributed by atoms with van der Waals surface area (Å²) in [6.45, 7) is 0.799. The van der Waals surface area contributed by atoms with Crippen molar-refractivity contribution in [2.45, 2.75) is 44.7 Å². The molecule has 5 rings (SSSR count). The van der Waals surface area contributed by atoms with E-state index in [9.17, 15) is 4.79 Å². The molecule has 0 bridgehead atoms. The van der Waals surface area contributed by atoms with E-state index in [1.807, 2.05) is 30.5 Å². The van der Waals surface area contributed by atoms with E-state index >= 15 is 0 Å². The number of benzene rings is 1. The van der Waals surface area contributed by atoms with Crippen molar-refractivity contribution < 1.29 is 4.79 Å². The van der Waals surface area contributed by atoms with Gasteiger partial charge < -0.3 is 14.9 Å². The van der Waals surface area contributed by atoms with Crippen LogP contribution in [-0.4, -0.2) is 36.7 Å². The molecule has 7 nitrogen and oxygen atoms in total. The number of carbonyl (C=O) groups is 1. The topological polar surface area (TPSA) is 88.5 Å². The van der Waals surface area contributed by atoms with Gasteiger partial charge in [0.25, 0.3) is 0 Å². The standard InChI is InChI=1S/C23H24N6O/c30-22(8-5-17-15-25-20-4-2-1-3-19(17)20)26-18-6-7-21-27-28-23(29(21)14-11-18)16-9-12-24-13-10-16/h1-4,9-10,12-13,15,18,25H,5-8,11,14H2,(H,26,30). The lowest BCUT2D eigenvalue weighted by molar-refractivity contribution is -0.121. The van der Waals surface area contributed by atoms with Gasteiger partial charge in [-0.2, -0.15) is 0 Å². The lowest BCUT2D eigenvalue weighted by Gasteiger charge is -2.16. The molecule has 30 heavy (non-hydrogen) atoms. The van der Waals surface area contributed by atoms with Crippen LogP contribution in [0.1, 0.15) is 30.7 Å². The van der Waals surface area contributed by atoms with Gasteiger partial charge in [-0.25, -0.2) is 0 Å². The number of aromatic amines is 1. The Hall–Kier alpha value is -3.48. The summed E-state index contributed by atoms with van der Waals surface area (Å²) in [5.41, 5.74) is 3.32. The molecule has 7 heteroatoms. The van der Waals surface area contributed by atoms with Gasteiger partial charge >= 0.3 is 0 Å². The van der Waals surface area contributed by atoms with Crippen LogP contribution < -0.4 is 5.32 Å². The normalized spacial score (nSPS) is 16.2. The van der Waals surface area contributed by atoms with Gasteiger partial charge in [0.1, 0.15) is 5.82 Å². The van der Waals surface area contributed by atoms with Crippen molar-refractivity contribution in [1.82, 2.24) is 30.0 Å². The van der Waals surface area contributed by atoms with Crippen LogP contribution in [0.25, 0.3) is 22.3 Å². The molecular formula is C23H24N6O. The first kappa shape index (κ1) is 18.5. The van der Waals surface area contributed by atoms with E-state index in [-0.39, 0.29) is 11.9 Å². The minimum atomic E-state index is 0.109. The maximum atomic E-state index is 12.6. The molecule has 0 saturated carbocycles. The number of hydrogen-bond donors (Lipinski definition) is 2. The molecule has 4 heterocycles. The number of rotatable bonds is 5. The summed E-state index contributed by atoms with van der Waals surface area (Å²) >= 11 is 0. The highest BCUT2D eigenvalue weighted by molar-refractivity contribution is 5.84. The minimum absolute atomic E-state index is 0.109. The summed E-state index contributed by atoms with van der Waals surface area (Å²) in [7, 11) is 0. The summed E-state index contributed by atoms with van der Waals surface area (Å²) in [5.74, 6) is 1.97. The summed E-state index contributed by atoms with van der Waals surface area (Å²) < 4.78 is 2.17. The second-order valence-electron chi connectivity index (χ2n) is 7.78. The van der Waals surface area contributed by atoms with Gasteiger partial charge in [-0.05, 0) is 43.0 Å². The number of hydrogen-bond acceptors (Lipinski definition) is 4.